The van der Waals surface area contributed by atoms with E-state index in [9.17, 15) is 0 Å². The van der Waals surface area contributed by atoms with Crippen LogP contribution in [0.5, 0.6) is 17.2 Å². The van der Waals surface area contributed by atoms with Gasteiger partial charge in [0.1, 0.15) is 17.2 Å². The van der Waals surface area contributed by atoms with Crippen LogP contribution in [0.3, 0.4) is 0 Å². The van der Waals surface area contributed by atoms with Crippen molar-refractivity contribution in [2.75, 3.05) is 41.0 Å². The molecule has 1 aromatic heterocycles. The van der Waals surface area contributed by atoms with Gasteiger partial charge in [0.15, 0.2) is 0 Å². The Hall–Kier alpha value is -2.96. The summed E-state index contributed by atoms with van der Waals surface area (Å²) in [5.74, 6) is 2.31. The van der Waals surface area contributed by atoms with Crippen LogP contribution in [-0.2, 0) is 13.6 Å². The van der Waals surface area contributed by atoms with Gasteiger partial charge >= 0.3 is 0 Å². The van der Waals surface area contributed by atoms with Crippen LogP contribution < -0.4 is 19.5 Å². The molecule has 0 spiro atoms. The van der Waals surface area contributed by atoms with Gasteiger partial charge in [-0.2, -0.15) is 0 Å². The summed E-state index contributed by atoms with van der Waals surface area (Å²) in [5.41, 5.74) is 7.55. The Balaban J connectivity index is 1.63. The first-order valence-corrected chi connectivity index (χ1v) is 11.4. The quantitative estimate of drug-likeness (QED) is 0.576. The average Bonchev–Trinajstić information content (AvgIpc) is 3.13. The van der Waals surface area contributed by atoms with Gasteiger partial charge in [-0.25, -0.2) is 0 Å². The topological polar surface area (TPSA) is 47.9 Å². The van der Waals surface area contributed by atoms with Gasteiger partial charge in [-0.15, -0.1) is 0 Å². The van der Waals surface area contributed by atoms with E-state index in [1.165, 1.54) is 27.9 Å². The van der Waals surface area contributed by atoms with Crippen molar-refractivity contribution in [1.82, 2.24) is 14.8 Å². The first-order chi connectivity index (χ1) is 15.9. The lowest BCUT2D eigenvalue weighted by Gasteiger charge is -2.35. The largest absolute Gasteiger partial charge is 0.496 e. The lowest BCUT2D eigenvalue weighted by molar-refractivity contribution is 0.186. The van der Waals surface area contributed by atoms with E-state index >= 15 is 0 Å². The first-order valence-electron chi connectivity index (χ1n) is 11.4. The number of nitrogens with zero attached hydrogens (tertiary/aromatic N) is 2. The highest BCUT2D eigenvalue weighted by Crippen LogP contribution is 2.37. The molecule has 1 aliphatic heterocycles. The summed E-state index contributed by atoms with van der Waals surface area (Å²) in [5, 5.41) is 3.76. The van der Waals surface area contributed by atoms with Crippen molar-refractivity contribution in [2.24, 2.45) is 7.05 Å². The van der Waals surface area contributed by atoms with Crippen molar-refractivity contribution in [1.29, 1.82) is 0 Å². The van der Waals surface area contributed by atoms with E-state index in [-0.39, 0.29) is 6.04 Å². The summed E-state index contributed by atoms with van der Waals surface area (Å²) < 4.78 is 19.1. The number of hydrogen-bond acceptors (Lipinski definition) is 5. The molecule has 1 saturated heterocycles. The molecule has 1 fully saturated rings. The summed E-state index contributed by atoms with van der Waals surface area (Å²) in [4.78, 5) is 2.47. The van der Waals surface area contributed by atoms with Crippen LogP contribution >= 0.6 is 0 Å². The Bertz CT molecular complexity index is 1080. The fraction of sp³-hybridized carbons (Fsp3) is 0.407. The van der Waals surface area contributed by atoms with Crippen LogP contribution in [0.1, 0.15) is 28.4 Å². The number of hydrogen-bond donors (Lipinski definition) is 1. The maximum atomic E-state index is 5.69. The van der Waals surface area contributed by atoms with Gasteiger partial charge in [0.2, 0.25) is 0 Å². The predicted molar refractivity (Wildman–Crippen MR) is 132 cm³/mol. The number of piperazine rings is 1. The number of ether oxygens (including phenoxy) is 3. The number of nitrogens with one attached hydrogen (secondary N) is 1. The number of aromatic nitrogens is 1. The van der Waals surface area contributed by atoms with E-state index in [4.69, 9.17) is 14.2 Å². The summed E-state index contributed by atoms with van der Waals surface area (Å²) in [6.07, 6.45) is 2.24. The molecule has 0 saturated carbocycles. The van der Waals surface area contributed by atoms with Crippen LogP contribution in [0.15, 0.2) is 42.6 Å². The van der Waals surface area contributed by atoms with Crippen LogP contribution in [0.25, 0.3) is 11.1 Å². The van der Waals surface area contributed by atoms with Gasteiger partial charge in [-0.3, -0.25) is 4.90 Å². The fourth-order valence-corrected chi connectivity index (χ4v) is 4.91. The van der Waals surface area contributed by atoms with E-state index in [2.05, 4.69) is 66.1 Å². The van der Waals surface area contributed by atoms with E-state index in [0.717, 1.165) is 49.0 Å². The van der Waals surface area contributed by atoms with Crippen molar-refractivity contribution < 1.29 is 14.2 Å². The SMILES string of the molecule is COc1cc(OC)c(CN2CCNC(c3c(-c4ccc(C)cc4)c(C)cn3C)C2)c(OC)c1. The van der Waals surface area contributed by atoms with Crippen LogP contribution in [-0.4, -0.2) is 50.4 Å². The van der Waals surface area contributed by atoms with Crippen molar-refractivity contribution in [3.05, 3.63) is 65.0 Å². The highest BCUT2D eigenvalue weighted by atomic mass is 16.5. The van der Waals surface area contributed by atoms with Crippen molar-refractivity contribution in [3.8, 4) is 28.4 Å². The van der Waals surface area contributed by atoms with Crippen LogP contribution in [0.4, 0.5) is 0 Å². The van der Waals surface area contributed by atoms with Gasteiger partial charge in [0.05, 0.1) is 32.9 Å². The van der Waals surface area contributed by atoms with Crippen molar-refractivity contribution in [3.63, 3.8) is 0 Å². The van der Waals surface area contributed by atoms with Crippen molar-refractivity contribution in [2.45, 2.75) is 26.4 Å². The molecule has 0 amide bonds. The Morgan fingerprint density at radius 3 is 2.24 bits per heavy atom. The zero-order valence-electron chi connectivity index (χ0n) is 20.6. The first kappa shape index (κ1) is 23.2. The summed E-state index contributed by atoms with van der Waals surface area (Å²) >= 11 is 0. The second-order valence-electron chi connectivity index (χ2n) is 8.80. The fourth-order valence-electron chi connectivity index (χ4n) is 4.91. The predicted octanol–water partition coefficient (Wildman–Crippen LogP) is 4.48. The molecule has 0 aliphatic carbocycles. The van der Waals surface area contributed by atoms with E-state index < -0.39 is 0 Å². The maximum absolute atomic E-state index is 5.69. The third-order valence-electron chi connectivity index (χ3n) is 6.55. The number of methoxy groups -OCH3 is 3. The lowest BCUT2D eigenvalue weighted by Crippen LogP contribution is -2.46. The smallest absolute Gasteiger partial charge is 0.130 e. The van der Waals surface area contributed by atoms with Gasteiger partial charge in [-0.1, -0.05) is 29.8 Å². The maximum Gasteiger partial charge on any atom is 0.130 e. The Morgan fingerprint density at radius 2 is 1.64 bits per heavy atom. The van der Waals surface area contributed by atoms with Gasteiger partial charge in [0, 0.05) is 62.8 Å². The number of benzene rings is 2. The second kappa shape index (κ2) is 9.89. The average molecular weight is 450 g/mol. The molecular formula is C27H35N3O3. The summed E-state index contributed by atoms with van der Waals surface area (Å²) in [7, 11) is 7.19. The molecule has 0 radical (unpaired) electrons. The molecule has 3 aromatic rings. The number of aryl methyl sites for hydroxylation is 3. The van der Waals surface area contributed by atoms with Crippen molar-refractivity contribution >= 4 is 0 Å². The zero-order chi connectivity index (χ0) is 23.5. The minimum atomic E-state index is 0.226. The van der Waals surface area contributed by atoms with Crippen LogP contribution in [0.2, 0.25) is 0 Å². The molecule has 6 nitrogen and oxygen atoms in total. The van der Waals surface area contributed by atoms with Gasteiger partial charge in [-0.05, 0) is 25.0 Å². The van der Waals surface area contributed by atoms with E-state index in [1.54, 1.807) is 21.3 Å². The standard InChI is InChI=1S/C27H35N3O3/c1-18-7-9-20(10-8-18)26-19(2)15-29(3)27(26)23-17-30(12-11-28-23)16-22-24(32-5)13-21(31-4)14-25(22)33-6/h7-10,13-15,23,28H,11-12,16-17H2,1-6H3. The zero-order valence-corrected chi connectivity index (χ0v) is 20.6. The Labute approximate surface area is 197 Å². The normalized spacial score (nSPS) is 16.6. The minimum Gasteiger partial charge on any atom is -0.496 e. The highest BCUT2D eigenvalue weighted by molar-refractivity contribution is 5.71. The molecule has 2 aromatic carbocycles. The molecule has 33 heavy (non-hydrogen) atoms. The Morgan fingerprint density at radius 1 is 0.970 bits per heavy atom. The minimum absolute atomic E-state index is 0.226. The highest BCUT2D eigenvalue weighted by Gasteiger charge is 2.28. The summed E-state index contributed by atoms with van der Waals surface area (Å²) in [6, 6.07) is 12.9. The third-order valence-corrected chi connectivity index (χ3v) is 6.55. The molecule has 4 rings (SSSR count). The lowest BCUT2D eigenvalue weighted by atomic mass is 9.96. The molecule has 1 unspecified atom stereocenters. The van der Waals surface area contributed by atoms with Gasteiger partial charge < -0.3 is 24.1 Å². The molecule has 2 heterocycles. The Kier molecular flexibility index (Phi) is 6.96. The molecule has 0 bridgehead atoms. The second-order valence-corrected chi connectivity index (χ2v) is 8.80. The molecule has 6 heteroatoms. The van der Waals surface area contributed by atoms with Gasteiger partial charge in [0.25, 0.3) is 0 Å². The molecule has 1 N–H and O–H groups in total. The third kappa shape index (κ3) is 4.72. The van der Waals surface area contributed by atoms with E-state index in [0.29, 0.717) is 0 Å². The monoisotopic (exact) mass is 449 g/mol. The van der Waals surface area contributed by atoms with Crippen LogP contribution in [0, 0.1) is 13.8 Å². The molecular weight excluding hydrogens is 414 g/mol. The van der Waals surface area contributed by atoms with E-state index in [1.807, 2.05) is 12.1 Å². The molecule has 176 valence electrons. The molecule has 1 atom stereocenters. The molecule has 1 aliphatic rings. The summed E-state index contributed by atoms with van der Waals surface area (Å²) in [6.45, 7) is 7.85. The number of rotatable bonds is 7.